The highest BCUT2D eigenvalue weighted by molar-refractivity contribution is 6.30. The normalized spacial score (nSPS) is 10.7. The molecule has 2 aromatic carbocycles. The van der Waals surface area contributed by atoms with Gasteiger partial charge in [0.2, 0.25) is 0 Å². The Bertz CT molecular complexity index is 878. The van der Waals surface area contributed by atoms with Crippen LogP contribution in [-0.4, -0.2) is 18.0 Å². The van der Waals surface area contributed by atoms with E-state index in [4.69, 9.17) is 16.0 Å². The van der Waals surface area contributed by atoms with Crippen LogP contribution in [0.3, 0.4) is 0 Å². The van der Waals surface area contributed by atoms with Crippen molar-refractivity contribution in [2.24, 2.45) is 0 Å². The van der Waals surface area contributed by atoms with Crippen LogP contribution in [0.1, 0.15) is 5.76 Å². The molecule has 1 aromatic heterocycles. The van der Waals surface area contributed by atoms with Crippen LogP contribution in [0, 0.1) is 10.1 Å². The van der Waals surface area contributed by atoms with Gasteiger partial charge in [-0.3, -0.25) is 10.1 Å². The summed E-state index contributed by atoms with van der Waals surface area (Å²) in [7, 11) is 0. The number of nitrogens with zero attached hydrogens (tertiary/aromatic N) is 1. The van der Waals surface area contributed by atoms with Crippen LogP contribution in [0.2, 0.25) is 5.02 Å². The summed E-state index contributed by atoms with van der Waals surface area (Å²) in [5, 5.41) is 17.8. The van der Waals surface area contributed by atoms with E-state index in [9.17, 15) is 10.1 Å². The molecule has 0 bridgehead atoms. The Morgan fingerprint density at radius 1 is 1.04 bits per heavy atom. The molecule has 0 radical (unpaired) electrons. The Morgan fingerprint density at radius 3 is 2.58 bits per heavy atom. The van der Waals surface area contributed by atoms with Gasteiger partial charge in [0.15, 0.2) is 0 Å². The van der Waals surface area contributed by atoms with E-state index in [0.29, 0.717) is 18.1 Å². The third kappa shape index (κ3) is 4.84. The maximum Gasteiger partial charge on any atom is 0.269 e. The minimum absolute atomic E-state index is 0.0852. The molecule has 3 rings (SSSR count). The van der Waals surface area contributed by atoms with E-state index < -0.39 is 4.92 Å². The molecule has 3 aromatic rings. The number of hydrogen-bond acceptors (Lipinski definition) is 5. The lowest BCUT2D eigenvalue weighted by Crippen LogP contribution is -2.21. The van der Waals surface area contributed by atoms with Crippen LogP contribution >= 0.6 is 11.6 Å². The molecule has 0 fully saturated rings. The number of furan rings is 1. The fourth-order valence-corrected chi connectivity index (χ4v) is 2.67. The Labute approximate surface area is 155 Å². The van der Waals surface area contributed by atoms with Crippen LogP contribution in [-0.2, 0) is 6.54 Å². The lowest BCUT2D eigenvalue weighted by Gasteiger charge is -2.07. The Hall–Kier alpha value is -2.83. The maximum absolute atomic E-state index is 10.6. The topological polar surface area (TPSA) is 80.3 Å². The zero-order chi connectivity index (χ0) is 18.4. The number of rotatable bonds is 8. The van der Waals surface area contributed by atoms with Crippen molar-refractivity contribution in [1.29, 1.82) is 0 Å². The van der Waals surface area contributed by atoms with E-state index in [1.54, 1.807) is 12.1 Å². The van der Waals surface area contributed by atoms with Crippen LogP contribution in [0.25, 0.3) is 11.3 Å². The Kier molecular flexibility index (Phi) is 5.88. The lowest BCUT2D eigenvalue weighted by atomic mass is 10.2. The fourth-order valence-electron chi connectivity index (χ4n) is 2.48. The molecule has 0 aliphatic carbocycles. The number of anilines is 1. The number of nitrogens with one attached hydrogen (secondary N) is 2. The van der Waals surface area contributed by atoms with Crippen molar-refractivity contribution < 1.29 is 9.34 Å². The molecule has 0 aliphatic heterocycles. The number of halogens is 1. The zero-order valence-electron chi connectivity index (χ0n) is 13.9. The van der Waals surface area contributed by atoms with Gasteiger partial charge in [-0.25, -0.2) is 0 Å². The predicted molar refractivity (Wildman–Crippen MR) is 102 cm³/mol. The first kappa shape index (κ1) is 18.0. The second kappa shape index (κ2) is 8.51. The van der Waals surface area contributed by atoms with Crippen LogP contribution in [0.5, 0.6) is 0 Å². The fraction of sp³-hybridized carbons (Fsp3) is 0.158. The third-order valence-corrected chi connectivity index (χ3v) is 4.01. The van der Waals surface area contributed by atoms with Gasteiger partial charge >= 0.3 is 0 Å². The van der Waals surface area contributed by atoms with Gasteiger partial charge in [-0.05, 0) is 36.4 Å². The highest BCUT2D eigenvalue weighted by Gasteiger charge is 2.05. The van der Waals surface area contributed by atoms with Gasteiger partial charge in [0.05, 0.1) is 11.5 Å². The Morgan fingerprint density at radius 2 is 1.85 bits per heavy atom. The molecule has 0 aliphatic rings. The van der Waals surface area contributed by atoms with Gasteiger partial charge in [0.25, 0.3) is 5.69 Å². The second-order valence-corrected chi connectivity index (χ2v) is 6.12. The highest BCUT2D eigenvalue weighted by atomic mass is 35.5. The summed E-state index contributed by atoms with van der Waals surface area (Å²) < 4.78 is 5.82. The van der Waals surface area contributed by atoms with E-state index in [1.807, 2.05) is 36.4 Å². The van der Waals surface area contributed by atoms with Crippen molar-refractivity contribution in [3.63, 3.8) is 0 Å². The number of benzene rings is 2. The van der Waals surface area contributed by atoms with Crippen LogP contribution in [0.4, 0.5) is 11.4 Å². The van der Waals surface area contributed by atoms with E-state index in [0.717, 1.165) is 29.3 Å². The third-order valence-electron chi connectivity index (χ3n) is 3.78. The molecule has 6 nitrogen and oxygen atoms in total. The van der Waals surface area contributed by atoms with Crippen LogP contribution in [0.15, 0.2) is 65.1 Å². The molecule has 0 amide bonds. The molecule has 7 heteroatoms. The highest BCUT2D eigenvalue weighted by Crippen LogP contribution is 2.24. The second-order valence-electron chi connectivity index (χ2n) is 5.68. The summed E-state index contributed by atoms with van der Waals surface area (Å²) in [5.41, 5.74) is 1.88. The monoisotopic (exact) mass is 371 g/mol. The van der Waals surface area contributed by atoms with Gasteiger partial charge < -0.3 is 15.1 Å². The molecule has 0 saturated heterocycles. The largest absolute Gasteiger partial charge is 0.460 e. The summed E-state index contributed by atoms with van der Waals surface area (Å²) in [6.07, 6.45) is 0. The first-order valence-corrected chi connectivity index (χ1v) is 8.53. The van der Waals surface area contributed by atoms with Crippen LogP contribution < -0.4 is 10.6 Å². The smallest absolute Gasteiger partial charge is 0.269 e. The minimum Gasteiger partial charge on any atom is -0.460 e. The molecule has 134 valence electrons. The van der Waals surface area contributed by atoms with Gasteiger partial charge in [0.1, 0.15) is 11.5 Å². The van der Waals surface area contributed by atoms with Crippen molar-refractivity contribution in [3.8, 4) is 11.3 Å². The summed E-state index contributed by atoms with van der Waals surface area (Å²) in [4.78, 5) is 10.2. The van der Waals surface area contributed by atoms with Crippen molar-refractivity contribution >= 4 is 23.0 Å². The molecule has 0 atom stereocenters. The number of hydrogen-bond donors (Lipinski definition) is 2. The van der Waals surface area contributed by atoms with Gasteiger partial charge in [-0.1, -0.05) is 23.7 Å². The number of nitro benzene ring substituents is 1. The molecular weight excluding hydrogens is 354 g/mol. The molecule has 0 spiro atoms. The van der Waals surface area contributed by atoms with Gasteiger partial charge in [-0.2, -0.15) is 0 Å². The summed E-state index contributed by atoms with van der Waals surface area (Å²) >= 11 is 6.00. The minimum atomic E-state index is -0.410. The van der Waals surface area contributed by atoms with E-state index in [1.165, 1.54) is 12.1 Å². The number of nitro groups is 1. The molecule has 0 unspecified atom stereocenters. The quantitative estimate of drug-likeness (QED) is 0.340. The molecule has 2 N–H and O–H groups in total. The Balaban J connectivity index is 1.42. The summed E-state index contributed by atoms with van der Waals surface area (Å²) in [6, 6.07) is 17.8. The molecule has 0 saturated carbocycles. The molecule has 26 heavy (non-hydrogen) atoms. The van der Waals surface area contributed by atoms with Gasteiger partial charge in [-0.15, -0.1) is 0 Å². The number of non-ortho nitro benzene ring substituents is 1. The summed E-state index contributed by atoms with van der Waals surface area (Å²) in [6.45, 7) is 2.03. The van der Waals surface area contributed by atoms with Crippen molar-refractivity contribution in [1.82, 2.24) is 5.32 Å². The lowest BCUT2D eigenvalue weighted by molar-refractivity contribution is -0.384. The van der Waals surface area contributed by atoms with Crippen molar-refractivity contribution in [2.45, 2.75) is 6.54 Å². The SMILES string of the molecule is O=[N+]([O-])c1ccc(NCCNCc2ccc(-c3cccc(Cl)c3)o2)cc1. The van der Waals surface area contributed by atoms with E-state index in [2.05, 4.69) is 10.6 Å². The average Bonchev–Trinajstić information content (AvgIpc) is 3.11. The first-order chi connectivity index (χ1) is 12.6. The standard InChI is InChI=1S/C19H18ClN3O3/c20-15-3-1-2-14(12-15)19-9-8-18(26-19)13-21-10-11-22-16-4-6-17(7-5-16)23(24)25/h1-9,12,21-22H,10-11,13H2. The first-order valence-electron chi connectivity index (χ1n) is 8.15. The summed E-state index contributed by atoms with van der Waals surface area (Å²) in [5.74, 6) is 1.63. The van der Waals surface area contributed by atoms with Crippen molar-refractivity contribution in [2.75, 3.05) is 18.4 Å². The maximum atomic E-state index is 10.6. The van der Waals surface area contributed by atoms with Gasteiger partial charge in [0, 0.05) is 41.5 Å². The van der Waals surface area contributed by atoms with Crippen molar-refractivity contribution in [3.05, 3.63) is 81.6 Å². The zero-order valence-corrected chi connectivity index (χ0v) is 14.7. The molecule has 1 heterocycles. The van der Waals surface area contributed by atoms with E-state index in [-0.39, 0.29) is 5.69 Å². The van der Waals surface area contributed by atoms with E-state index >= 15 is 0 Å². The predicted octanol–water partition coefficient (Wildman–Crippen LogP) is 4.71. The average molecular weight is 372 g/mol. The molecular formula is C19H18ClN3O3.